The van der Waals surface area contributed by atoms with E-state index in [9.17, 15) is 25.2 Å². The van der Waals surface area contributed by atoms with Crippen LogP contribution in [0.1, 0.15) is 258 Å². The Hall–Kier alpha value is -1.73. The second kappa shape index (κ2) is 48.3. The van der Waals surface area contributed by atoms with Gasteiger partial charge in [-0.3, -0.25) is 4.79 Å². The van der Waals surface area contributed by atoms with Crippen molar-refractivity contribution >= 4 is 5.91 Å². The number of rotatable bonds is 47. The number of amides is 1. The van der Waals surface area contributed by atoms with Gasteiger partial charge in [0.05, 0.1) is 18.8 Å². The lowest BCUT2D eigenvalue weighted by Gasteiger charge is -2.27. The van der Waals surface area contributed by atoms with Crippen molar-refractivity contribution in [3.05, 3.63) is 48.6 Å². The summed E-state index contributed by atoms with van der Waals surface area (Å²) in [5.41, 5.74) is 0. The molecule has 5 N–H and O–H groups in total. The molecule has 1 amide bonds. The van der Waals surface area contributed by atoms with Gasteiger partial charge in [0.15, 0.2) is 0 Å². The topological polar surface area (TPSA) is 110 Å². The Morgan fingerprint density at radius 3 is 1.17 bits per heavy atom. The zero-order valence-electron chi connectivity index (χ0n) is 39.7. The number of aliphatic hydroxyl groups excluding tert-OH is 4. The number of nitrogens with one attached hydrogen (secondary N) is 1. The van der Waals surface area contributed by atoms with Crippen LogP contribution in [0.25, 0.3) is 0 Å². The lowest BCUT2D eigenvalue weighted by Crippen LogP contribution is -2.52. The fourth-order valence-electron chi connectivity index (χ4n) is 7.88. The molecule has 4 atom stereocenters. The van der Waals surface area contributed by atoms with E-state index in [-0.39, 0.29) is 6.42 Å². The molecule has 6 heteroatoms. The van der Waals surface area contributed by atoms with Crippen molar-refractivity contribution in [1.29, 1.82) is 0 Å². The highest BCUT2D eigenvalue weighted by Gasteiger charge is 2.28. The lowest BCUT2D eigenvalue weighted by molar-refractivity contribution is -0.132. The average molecular weight is 844 g/mol. The molecule has 0 heterocycles. The number of aliphatic hydroxyl groups is 4. The standard InChI is InChI=1S/C54H101NO5/c1-3-5-7-9-11-13-15-17-18-19-20-21-22-23-24-25-26-27-28-29-30-31-32-33-34-35-36-38-39-41-43-45-47-51(57)53(59)50(49-56)55-54(60)52(58)48-46-44-42-40-37-16-14-12-10-8-6-4-2/h34-35,37,39-41,44,46,50-53,56-59H,3-33,36,38,42-43,45,47-49H2,1-2H3,(H,55,60)/b35-34+,40-37-,41-39+,46-44-. The van der Waals surface area contributed by atoms with Gasteiger partial charge in [0.25, 0.3) is 0 Å². The van der Waals surface area contributed by atoms with Crippen LogP contribution in [0.15, 0.2) is 48.6 Å². The molecule has 0 aliphatic heterocycles. The largest absolute Gasteiger partial charge is 0.394 e. The molecule has 0 rings (SSSR count). The smallest absolute Gasteiger partial charge is 0.249 e. The average Bonchev–Trinajstić information content (AvgIpc) is 3.25. The maximum atomic E-state index is 12.5. The highest BCUT2D eigenvalue weighted by Crippen LogP contribution is 2.16. The summed E-state index contributed by atoms with van der Waals surface area (Å²) in [6, 6.07) is -1.04. The quantitative estimate of drug-likeness (QED) is 0.0310. The van der Waals surface area contributed by atoms with Crippen LogP contribution in [0.2, 0.25) is 0 Å². The number of allylic oxidation sites excluding steroid dienone is 7. The first-order valence-electron chi connectivity index (χ1n) is 26.0. The van der Waals surface area contributed by atoms with Crippen molar-refractivity contribution < 1.29 is 25.2 Å². The Kier molecular flexibility index (Phi) is 46.9. The zero-order valence-corrected chi connectivity index (χ0v) is 39.7. The molecule has 4 unspecified atom stereocenters. The molecule has 0 fully saturated rings. The Balaban J connectivity index is 3.67. The van der Waals surface area contributed by atoms with Crippen LogP contribution in [0.3, 0.4) is 0 Å². The van der Waals surface area contributed by atoms with E-state index in [1.165, 1.54) is 193 Å². The molecule has 0 aromatic carbocycles. The van der Waals surface area contributed by atoms with Gasteiger partial charge in [-0.05, 0) is 64.2 Å². The van der Waals surface area contributed by atoms with Gasteiger partial charge in [0.1, 0.15) is 12.2 Å². The highest BCUT2D eigenvalue weighted by molar-refractivity contribution is 5.81. The fourth-order valence-corrected chi connectivity index (χ4v) is 7.88. The summed E-state index contributed by atoms with van der Waals surface area (Å²) < 4.78 is 0. The summed E-state index contributed by atoms with van der Waals surface area (Å²) in [5, 5.41) is 43.5. The number of carbonyl (C=O) groups is 1. The van der Waals surface area contributed by atoms with Gasteiger partial charge in [0.2, 0.25) is 5.91 Å². The first-order chi connectivity index (χ1) is 29.5. The van der Waals surface area contributed by atoms with Crippen molar-refractivity contribution in [1.82, 2.24) is 5.32 Å². The Bertz CT molecular complexity index is 993. The molecular formula is C54H101NO5. The normalized spacial score (nSPS) is 14.3. The van der Waals surface area contributed by atoms with E-state index in [0.717, 1.165) is 32.1 Å². The minimum Gasteiger partial charge on any atom is -0.394 e. The number of hydrogen-bond acceptors (Lipinski definition) is 5. The molecule has 352 valence electrons. The van der Waals surface area contributed by atoms with E-state index in [4.69, 9.17) is 0 Å². The van der Waals surface area contributed by atoms with Gasteiger partial charge in [-0.2, -0.15) is 0 Å². The molecule has 0 saturated heterocycles. The molecule has 0 aliphatic rings. The van der Waals surface area contributed by atoms with Gasteiger partial charge >= 0.3 is 0 Å². The van der Waals surface area contributed by atoms with E-state index in [1.54, 1.807) is 6.08 Å². The predicted molar refractivity (Wildman–Crippen MR) is 260 cm³/mol. The summed E-state index contributed by atoms with van der Waals surface area (Å²) in [6.07, 6.45) is 60.7. The van der Waals surface area contributed by atoms with Crippen molar-refractivity contribution in [3.63, 3.8) is 0 Å². The third-order valence-electron chi connectivity index (χ3n) is 12.0. The first kappa shape index (κ1) is 58.3. The van der Waals surface area contributed by atoms with E-state index < -0.39 is 36.9 Å². The molecule has 0 bridgehead atoms. The lowest BCUT2D eigenvalue weighted by atomic mass is 10.0. The van der Waals surface area contributed by atoms with Crippen LogP contribution in [-0.2, 0) is 4.79 Å². The van der Waals surface area contributed by atoms with Crippen molar-refractivity contribution in [2.24, 2.45) is 0 Å². The summed E-state index contributed by atoms with van der Waals surface area (Å²) >= 11 is 0. The number of unbranched alkanes of at least 4 members (excludes halogenated alkanes) is 31. The third kappa shape index (κ3) is 41.6. The van der Waals surface area contributed by atoms with Crippen LogP contribution in [0, 0.1) is 0 Å². The van der Waals surface area contributed by atoms with Crippen LogP contribution in [-0.4, -0.2) is 57.3 Å². The highest BCUT2D eigenvalue weighted by atomic mass is 16.3. The zero-order chi connectivity index (χ0) is 43.8. The van der Waals surface area contributed by atoms with Crippen LogP contribution in [0.5, 0.6) is 0 Å². The molecule has 0 aromatic heterocycles. The van der Waals surface area contributed by atoms with Crippen molar-refractivity contribution in [3.8, 4) is 0 Å². The van der Waals surface area contributed by atoms with Crippen LogP contribution < -0.4 is 5.32 Å². The van der Waals surface area contributed by atoms with E-state index >= 15 is 0 Å². The summed E-state index contributed by atoms with van der Waals surface area (Å²) in [5.74, 6) is -0.665. The summed E-state index contributed by atoms with van der Waals surface area (Å²) in [6.45, 7) is 4.00. The maximum Gasteiger partial charge on any atom is 0.249 e. The predicted octanol–water partition coefficient (Wildman–Crippen LogP) is 14.6. The van der Waals surface area contributed by atoms with Gasteiger partial charge in [-0.15, -0.1) is 0 Å². The molecule has 0 aromatic rings. The molecule has 0 radical (unpaired) electrons. The monoisotopic (exact) mass is 844 g/mol. The first-order valence-corrected chi connectivity index (χ1v) is 26.0. The molecular weight excluding hydrogens is 743 g/mol. The second-order valence-electron chi connectivity index (χ2n) is 17.9. The Morgan fingerprint density at radius 1 is 0.433 bits per heavy atom. The molecule has 0 spiro atoms. The molecule has 0 saturated carbocycles. The number of hydrogen-bond donors (Lipinski definition) is 5. The Morgan fingerprint density at radius 2 is 0.767 bits per heavy atom. The molecule has 60 heavy (non-hydrogen) atoms. The SMILES string of the molecule is CCCCCCCC/C=C\C/C=C\CC(O)C(=O)NC(CO)C(O)C(O)CCC/C=C/CC/C=C/CCCCCCCCCCCCCCCCCCCCCCCCC. The van der Waals surface area contributed by atoms with Gasteiger partial charge in [0, 0.05) is 6.42 Å². The Labute approximate surface area is 372 Å². The molecule has 6 nitrogen and oxygen atoms in total. The number of carbonyl (C=O) groups excluding carboxylic acids is 1. The van der Waals surface area contributed by atoms with Crippen molar-refractivity contribution in [2.45, 2.75) is 282 Å². The van der Waals surface area contributed by atoms with Crippen molar-refractivity contribution in [2.75, 3.05) is 6.61 Å². The summed E-state index contributed by atoms with van der Waals surface area (Å²) in [7, 11) is 0. The summed E-state index contributed by atoms with van der Waals surface area (Å²) in [4.78, 5) is 12.5. The van der Waals surface area contributed by atoms with Gasteiger partial charge in [-0.1, -0.05) is 236 Å². The van der Waals surface area contributed by atoms with E-state index in [0.29, 0.717) is 12.8 Å². The van der Waals surface area contributed by atoms with E-state index in [1.807, 2.05) is 6.08 Å². The fraction of sp³-hybridized carbons (Fsp3) is 0.833. The maximum absolute atomic E-state index is 12.5. The van der Waals surface area contributed by atoms with E-state index in [2.05, 4.69) is 55.6 Å². The molecule has 0 aliphatic carbocycles. The van der Waals surface area contributed by atoms with Gasteiger partial charge < -0.3 is 25.7 Å². The van der Waals surface area contributed by atoms with Crippen LogP contribution in [0.4, 0.5) is 0 Å². The minimum absolute atomic E-state index is 0.149. The minimum atomic E-state index is -1.31. The van der Waals surface area contributed by atoms with Gasteiger partial charge in [-0.25, -0.2) is 0 Å². The van der Waals surface area contributed by atoms with Crippen LogP contribution >= 0.6 is 0 Å². The third-order valence-corrected chi connectivity index (χ3v) is 12.0. The second-order valence-corrected chi connectivity index (χ2v) is 17.9.